The second-order valence-electron chi connectivity index (χ2n) is 5.39. The Bertz CT molecular complexity index is 807. The van der Waals surface area contributed by atoms with Crippen molar-refractivity contribution >= 4 is 5.82 Å². The summed E-state index contributed by atoms with van der Waals surface area (Å²) < 4.78 is 46.3. The minimum absolute atomic E-state index is 0.00742. The van der Waals surface area contributed by atoms with Crippen LogP contribution in [-0.4, -0.2) is 15.6 Å². The fourth-order valence-corrected chi connectivity index (χ4v) is 2.37. The van der Waals surface area contributed by atoms with Crippen LogP contribution in [0.2, 0.25) is 0 Å². The number of aromatic nitrogens is 2. The first-order valence-corrected chi connectivity index (χ1v) is 7.08. The van der Waals surface area contributed by atoms with E-state index in [0.29, 0.717) is 18.4 Å². The smallest absolute Gasteiger partial charge is 0.352 e. The highest BCUT2D eigenvalue weighted by Crippen LogP contribution is 2.20. The Balaban J connectivity index is 1.82. The second kappa shape index (κ2) is 5.94. The Kier molecular flexibility index (Phi) is 3.97. The van der Waals surface area contributed by atoms with Gasteiger partial charge in [-0.05, 0) is 19.4 Å². The zero-order chi connectivity index (χ0) is 16.6. The first-order valence-electron chi connectivity index (χ1n) is 7.08. The van der Waals surface area contributed by atoms with E-state index in [1.807, 2.05) is 6.92 Å². The van der Waals surface area contributed by atoms with Crippen molar-refractivity contribution in [2.45, 2.75) is 32.5 Å². The third-order valence-electron chi connectivity index (χ3n) is 3.63. The summed E-state index contributed by atoms with van der Waals surface area (Å²) in [4.78, 5) is 15.7. The van der Waals surface area contributed by atoms with Crippen LogP contribution in [0.5, 0.6) is 5.88 Å². The molecule has 122 valence electrons. The molecule has 0 radical (unpaired) electrons. The molecule has 1 aliphatic heterocycles. The summed E-state index contributed by atoms with van der Waals surface area (Å²) in [6, 6.07) is 2.89. The van der Waals surface area contributed by atoms with E-state index in [0.717, 1.165) is 12.5 Å². The van der Waals surface area contributed by atoms with Gasteiger partial charge in [-0.25, -0.2) is 18.0 Å². The largest absolute Gasteiger partial charge is 0.472 e. The molecule has 2 heterocycles. The lowest BCUT2D eigenvalue weighted by atomic mass is 10.2. The number of nitrogens with zero attached hydrogens (tertiary/aromatic N) is 2. The average Bonchev–Trinajstić information content (AvgIpc) is 2.49. The van der Waals surface area contributed by atoms with Gasteiger partial charge in [-0.15, -0.1) is 0 Å². The van der Waals surface area contributed by atoms with E-state index in [4.69, 9.17) is 4.74 Å². The van der Waals surface area contributed by atoms with Gasteiger partial charge in [0.05, 0.1) is 0 Å². The van der Waals surface area contributed by atoms with Gasteiger partial charge in [-0.2, -0.15) is 4.98 Å². The van der Waals surface area contributed by atoms with Gasteiger partial charge in [0.2, 0.25) is 5.88 Å². The van der Waals surface area contributed by atoms with Crippen molar-refractivity contribution in [3.63, 3.8) is 0 Å². The van der Waals surface area contributed by atoms with Gasteiger partial charge in [0.15, 0.2) is 11.6 Å². The number of halogens is 3. The second-order valence-corrected chi connectivity index (χ2v) is 5.39. The highest BCUT2D eigenvalue weighted by molar-refractivity contribution is 5.41. The Morgan fingerprint density at radius 2 is 2.00 bits per heavy atom. The van der Waals surface area contributed by atoms with E-state index in [2.05, 4.69) is 10.3 Å². The first-order chi connectivity index (χ1) is 10.9. The molecule has 0 fully saturated rings. The Hall–Kier alpha value is -2.51. The summed E-state index contributed by atoms with van der Waals surface area (Å²) in [6.45, 7) is 2.16. The van der Waals surface area contributed by atoms with E-state index in [9.17, 15) is 18.0 Å². The normalized spacial score (nSPS) is 16.6. The minimum atomic E-state index is -1.27. The molecular formula is C15H14F3N3O2. The summed E-state index contributed by atoms with van der Waals surface area (Å²) in [5.41, 5.74) is -0.646. The summed E-state index contributed by atoms with van der Waals surface area (Å²) in [7, 11) is 0. The number of fused-ring (bicyclic) bond motifs is 1. The maximum absolute atomic E-state index is 13.6. The number of rotatable bonds is 3. The van der Waals surface area contributed by atoms with E-state index < -0.39 is 23.1 Å². The molecule has 0 unspecified atom stereocenters. The summed E-state index contributed by atoms with van der Waals surface area (Å²) in [5.74, 6) is -2.81. The maximum atomic E-state index is 13.6. The molecule has 5 nitrogen and oxygen atoms in total. The zero-order valence-electron chi connectivity index (χ0n) is 12.3. The zero-order valence-corrected chi connectivity index (χ0v) is 12.3. The molecule has 0 saturated heterocycles. The predicted molar refractivity (Wildman–Crippen MR) is 76.8 cm³/mol. The maximum Gasteiger partial charge on any atom is 0.352 e. The van der Waals surface area contributed by atoms with Crippen LogP contribution < -0.4 is 15.7 Å². The molecule has 0 bridgehead atoms. The van der Waals surface area contributed by atoms with Crippen LogP contribution in [0.1, 0.15) is 18.9 Å². The lowest BCUT2D eigenvalue weighted by Crippen LogP contribution is -2.34. The van der Waals surface area contributed by atoms with Gasteiger partial charge in [0.25, 0.3) is 0 Å². The van der Waals surface area contributed by atoms with Crippen molar-refractivity contribution in [2.24, 2.45) is 0 Å². The fraction of sp³-hybridized carbons (Fsp3) is 0.333. The van der Waals surface area contributed by atoms with Crippen LogP contribution >= 0.6 is 0 Å². The summed E-state index contributed by atoms with van der Waals surface area (Å²) in [6.07, 6.45) is 0.800. The van der Waals surface area contributed by atoms with Crippen molar-refractivity contribution in [1.82, 2.24) is 9.55 Å². The molecule has 1 atom stereocenters. The van der Waals surface area contributed by atoms with Crippen LogP contribution in [0.15, 0.2) is 23.0 Å². The minimum Gasteiger partial charge on any atom is -0.472 e. The van der Waals surface area contributed by atoms with Gasteiger partial charge in [-0.3, -0.25) is 4.57 Å². The molecule has 2 aromatic rings. The number of anilines is 1. The molecule has 0 spiro atoms. The van der Waals surface area contributed by atoms with E-state index >= 15 is 0 Å². The van der Waals surface area contributed by atoms with Crippen LogP contribution in [0.4, 0.5) is 19.0 Å². The molecule has 8 heteroatoms. The lowest BCUT2D eigenvalue weighted by molar-refractivity contribution is 0.283. The van der Waals surface area contributed by atoms with Crippen molar-refractivity contribution < 1.29 is 17.9 Å². The highest BCUT2D eigenvalue weighted by atomic mass is 19.2. The molecule has 1 N–H and O–H groups in total. The third-order valence-corrected chi connectivity index (χ3v) is 3.63. The number of hydrogen-bond donors (Lipinski definition) is 1. The molecule has 0 aliphatic carbocycles. The molecule has 0 saturated carbocycles. The quantitative estimate of drug-likeness (QED) is 0.881. The topological polar surface area (TPSA) is 56.2 Å². The highest BCUT2D eigenvalue weighted by Gasteiger charge is 2.17. The van der Waals surface area contributed by atoms with E-state index in [1.54, 1.807) is 0 Å². The first kappa shape index (κ1) is 15.4. The molecule has 3 rings (SSSR count). The Morgan fingerprint density at radius 3 is 2.78 bits per heavy atom. The number of benzene rings is 1. The van der Waals surface area contributed by atoms with Crippen molar-refractivity contribution in [3.8, 4) is 5.88 Å². The predicted octanol–water partition coefficient (Wildman–Crippen LogP) is 2.44. The third kappa shape index (κ3) is 3.15. The van der Waals surface area contributed by atoms with Crippen LogP contribution in [0.3, 0.4) is 0 Å². The lowest BCUT2D eigenvalue weighted by Gasteiger charge is -2.25. The molecule has 1 aromatic carbocycles. The van der Waals surface area contributed by atoms with Gasteiger partial charge in [0.1, 0.15) is 18.2 Å². The SMILES string of the molecule is C[C@H]1CCn2c(cc(OCc3cc(F)c(F)cc3F)nc2=O)N1. The number of ether oxygens (including phenoxy) is 1. The van der Waals surface area contributed by atoms with Gasteiger partial charge < -0.3 is 10.1 Å². The standard InChI is InChI=1S/C15H14F3N3O2/c1-8-2-3-21-13(19-8)6-14(20-15(21)22)23-7-9-4-11(17)12(18)5-10(9)16/h4-6,8,19H,2-3,7H2,1H3/t8-/m0/s1. The fourth-order valence-electron chi connectivity index (χ4n) is 2.37. The van der Waals surface area contributed by atoms with E-state index in [-0.39, 0.29) is 24.1 Å². The molecule has 1 aromatic heterocycles. The Morgan fingerprint density at radius 1 is 1.26 bits per heavy atom. The molecule has 0 amide bonds. The summed E-state index contributed by atoms with van der Waals surface area (Å²) >= 11 is 0. The van der Waals surface area contributed by atoms with Gasteiger partial charge in [0, 0.05) is 30.3 Å². The van der Waals surface area contributed by atoms with Crippen LogP contribution in [-0.2, 0) is 13.2 Å². The number of hydrogen-bond acceptors (Lipinski definition) is 4. The van der Waals surface area contributed by atoms with Crippen molar-refractivity contribution in [2.75, 3.05) is 5.32 Å². The van der Waals surface area contributed by atoms with Crippen LogP contribution in [0.25, 0.3) is 0 Å². The average molecular weight is 325 g/mol. The van der Waals surface area contributed by atoms with Gasteiger partial charge >= 0.3 is 5.69 Å². The molecule has 1 aliphatic rings. The monoisotopic (exact) mass is 325 g/mol. The van der Waals surface area contributed by atoms with Crippen LogP contribution in [0, 0.1) is 17.5 Å². The Labute approximate surface area is 129 Å². The van der Waals surface area contributed by atoms with Crippen molar-refractivity contribution in [3.05, 3.63) is 51.7 Å². The molecular weight excluding hydrogens is 311 g/mol. The number of nitrogens with one attached hydrogen (secondary N) is 1. The molecule has 23 heavy (non-hydrogen) atoms. The van der Waals surface area contributed by atoms with Gasteiger partial charge in [-0.1, -0.05) is 0 Å². The summed E-state index contributed by atoms with van der Waals surface area (Å²) in [5, 5.41) is 3.13. The van der Waals surface area contributed by atoms with E-state index in [1.165, 1.54) is 10.6 Å². The van der Waals surface area contributed by atoms with Crippen molar-refractivity contribution in [1.29, 1.82) is 0 Å².